The van der Waals surface area contributed by atoms with Crippen molar-refractivity contribution in [2.75, 3.05) is 130 Å². The summed E-state index contributed by atoms with van der Waals surface area (Å²) in [6.07, 6.45) is 9.52. The Kier molecular flexibility index (Phi) is 57.8. The Morgan fingerprint density at radius 2 is 0.765 bits per heavy atom. The molecule has 2 radical (unpaired) electrons. The summed E-state index contributed by atoms with van der Waals surface area (Å²) in [5.74, 6) is -0.467. The van der Waals surface area contributed by atoms with Crippen LogP contribution in [0.3, 0.4) is 0 Å². The van der Waals surface area contributed by atoms with Gasteiger partial charge in [-0.3, -0.25) is 34.7 Å². The van der Waals surface area contributed by atoms with Crippen LogP contribution in [0.5, 0.6) is 0 Å². The zero-order chi connectivity index (χ0) is 77.5. The molecule has 1 fully saturated rings. The number of rotatable bonds is 30. The van der Waals surface area contributed by atoms with Crippen molar-refractivity contribution in [3.63, 3.8) is 0 Å². The van der Waals surface area contributed by atoms with Gasteiger partial charge >= 0.3 is 43.8 Å². The molecule has 1 aliphatic heterocycles. The molecule has 0 atom stereocenters. The molecule has 0 saturated carbocycles. The summed E-state index contributed by atoms with van der Waals surface area (Å²) < 4.78 is 39.6. The standard InChI is InChI=1S/C14H24N2.C13H18BBrO2.C12H18N2O2.C12H20N2.C10H14N2O4.C6H4FNO2.C5H12O2.CH3F.CH4.2ClH.Sn/c1-5-11-16(12-6-2)14-9-7-13(8-10-14)15(3)4;1-12(2)13(3,4)17-14(16-12)11-7-5-10(9-15)6-8-11;1-3-9-13(10-4-2)11-5-7-12(8-6-11)14(15)16;1-3-9-14(10-4-2)12-7-5-11(13)6-8-12;13-7-5-11(6-8-14)9-1-3-10(4-2-9)12(15)16;7-5-1-3-6(4-2-5)8(9)10;6-4-2-1-3-5-7;1-2;;;;/h7-10H,5-6,11-12H2,1-4H3;5-8H,9H2,1-4H3;5-8H,3-4,9-10H2,1-2H3;5-8H,3-4,9-10,13H2,1-2H3;1-4,13-14H,5-8H2;1-4H;6-7H,1-5H2;1H3;1H4;2*1H;/q;;;;;;;;;;;+2/p-2/i;;;;;;;1D;;;;. The Morgan fingerprint density at radius 3 is 1.02 bits per heavy atom. The van der Waals surface area contributed by atoms with E-state index in [1.54, 1.807) is 29.2 Å². The molecule has 0 amide bonds. The average molecular weight is 1640 g/mol. The van der Waals surface area contributed by atoms with Crippen molar-refractivity contribution in [1.29, 1.82) is 0 Å². The van der Waals surface area contributed by atoms with Gasteiger partial charge in [0.15, 0.2) is 0 Å². The molecule has 0 spiro atoms. The van der Waals surface area contributed by atoms with Gasteiger partial charge in [-0.25, -0.2) is 4.39 Å². The second-order valence-electron chi connectivity index (χ2n) is 23.7. The number of alkyl halides is 2. The molecule has 1 heterocycles. The summed E-state index contributed by atoms with van der Waals surface area (Å²) >= 11 is 2.61. The molecule has 102 heavy (non-hydrogen) atoms. The van der Waals surface area contributed by atoms with Gasteiger partial charge in [0.2, 0.25) is 0 Å². The molecule has 7 rings (SSSR count). The summed E-state index contributed by atoms with van der Waals surface area (Å²) in [4.78, 5) is 40.6. The van der Waals surface area contributed by atoms with Crippen LogP contribution in [-0.2, 0) is 14.6 Å². The second-order valence-corrected chi connectivity index (χ2v) is 28.5. The minimum absolute atomic E-state index is 0. The number of nitrogen functional groups attached to an aromatic ring is 1. The van der Waals surface area contributed by atoms with Gasteiger partial charge in [-0.2, -0.15) is 0 Å². The van der Waals surface area contributed by atoms with Crippen LogP contribution in [-0.4, -0.2) is 172 Å². The fourth-order valence-corrected chi connectivity index (χ4v) is 9.64. The normalized spacial score (nSPS) is 11.7. The van der Waals surface area contributed by atoms with E-state index in [2.05, 4.69) is 180 Å². The Hall–Kier alpha value is -6.14. The van der Waals surface area contributed by atoms with Gasteiger partial charge in [-0.1, -0.05) is 89.2 Å². The summed E-state index contributed by atoms with van der Waals surface area (Å²) in [5.41, 5.74) is 14.0. The molecular formula is C74H117BBrCl2F2N9O12Sn. The molecular weight excluding hydrogens is 1530 g/mol. The van der Waals surface area contributed by atoms with Gasteiger partial charge in [0.25, 0.3) is 17.1 Å². The Morgan fingerprint density at radius 1 is 0.500 bits per heavy atom. The van der Waals surface area contributed by atoms with Crippen molar-refractivity contribution in [2.45, 2.75) is 151 Å². The predicted octanol–water partition coefficient (Wildman–Crippen LogP) is 16.9. The topological polar surface area (TPSA) is 271 Å². The monoisotopic (exact) mass is 1640 g/mol. The summed E-state index contributed by atoms with van der Waals surface area (Å²) in [5, 5.41) is 65.9. The van der Waals surface area contributed by atoms with Gasteiger partial charge in [0.1, 0.15) is 5.82 Å². The Labute approximate surface area is 635 Å². The first kappa shape index (κ1) is 97.9. The number of nitro benzene ring substituents is 3. The summed E-state index contributed by atoms with van der Waals surface area (Å²) in [6, 6.07) is 42.4. The zero-order valence-corrected chi connectivity index (χ0v) is 67.2. The summed E-state index contributed by atoms with van der Waals surface area (Å²) in [7, 11) is 12.8. The van der Waals surface area contributed by atoms with E-state index in [1.807, 2.05) is 24.3 Å². The molecule has 6 N–H and O–H groups in total. The number of hydrogen-bond donors (Lipinski definition) is 5. The van der Waals surface area contributed by atoms with Gasteiger partial charge in [-0.15, -0.1) is 0 Å². The number of aliphatic hydroxyl groups excluding tert-OH is 4. The maximum absolute atomic E-state index is 12.1. The third kappa shape index (κ3) is 42.0. The number of hydrogen-bond acceptors (Lipinski definition) is 18. The molecule has 1 aliphatic rings. The number of halogens is 5. The number of non-ortho nitro benzene ring substituents is 3. The van der Waals surface area contributed by atoms with Crippen LogP contribution in [0.1, 0.15) is 141 Å². The maximum atomic E-state index is 12.1. The number of anilines is 6. The van der Waals surface area contributed by atoms with Crippen LogP contribution >= 0.6 is 33.8 Å². The third-order valence-electron chi connectivity index (χ3n) is 15.1. The van der Waals surface area contributed by atoms with Crippen molar-refractivity contribution in [3.05, 3.63) is 187 Å². The van der Waals surface area contributed by atoms with E-state index >= 15 is 0 Å². The van der Waals surface area contributed by atoms with Gasteiger partial charge < -0.3 is 60.0 Å². The number of aliphatic hydroxyl groups is 4. The number of unbranched alkanes of at least 4 members (excludes halogenated alkanes) is 2. The quantitative estimate of drug-likeness (QED) is 0.00700. The van der Waals surface area contributed by atoms with Crippen LogP contribution in [0.4, 0.5) is 60.0 Å². The molecule has 0 bridgehead atoms. The number of benzene rings is 6. The molecule has 0 unspecified atom stereocenters. The fraction of sp³-hybridized carbons (Fsp3) is 0.514. The molecule has 21 nitrogen and oxygen atoms in total. The number of nitrogens with zero attached hydrogens (tertiary/aromatic N) is 8. The third-order valence-corrected chi connectivity index (χ3v) is 15.7. The molecule has 1 saturated heterocycles. The average Bonchev–Trinajstić information content (AvgIpc) is 1.63. The van der Waals surface area contributed by atoms with Crippen molar-refractivity contribution in [2.24, 2.45) is 0 Å². The first-order chi connectivity index (χ1) is 48.6. The second kappa shape index (κ2) is 60.2. The molecule has 0 aromatic heterocycles. The van der Waals surface area contributed by atoms with E-state index in [-0.39, 0.29) is 74.2 Å². The van der Waals surface area contributed by atoms with E-state index in [0.717, 1.165) is 123 Å². The molecule has 6 aromatic carbocycles. The minimum atomic E-state index is -1.00. The SMILES string of the molecule is C.CC1(C)OB(c2ccc(CBr)cc2)OC1(C)C.CCCN(CCC)c1ccc(N(C)C)cc1.CCCN(CCC)c1ccc(N)cc1.CCCN(CCC)c1ccc([N+](=O)[O-])cc1.O=[N+]([O-])c1ccc(F)cc1.O=[N+]([O-])c1ccc(N(CCO)CCO)cc1.OCCCCCO.[2H]CF.[Cl][Sn][Cl]. The van der Waals surface area contributed by atoms with Crippen LogP contribution in [0, 0.1) is 36.2 Å². The van der Waals surface area contributed by atoms with E-state index < -0.39 is 41.7 Å². The molecule has 28 heteroatoms. The number of nitro groups is 3. The van der Waals surface area contributed by atoms with E-state index in [4.69, 9.17) is 54.7 Å². The van der Waals surface area contributed by atoms with Crippen LogP contribution < -0.4 is 35.7 Å². The number of nitrogens with two attached hydrogens (primary N) is 1. The first-order valence-corrected chi connectivity index (χ1v) is 42.3. The van der Waals surface area contributed by atoms with Crippen molar-refractivity contribution in [3.8, 4) is 0 Å². The van der Waals surface area contributed by atoms with Gasteiger partial charge in [0.05, 0.1) is 47.7 Å². The predicted molar refractivity (Wildman–Crippen MR) is 430 cm³/mol. The van der Waals surface area contributed by atoms with Crippen LogP contribution in [0.25, 0.3) is 0 Å². The van der Waals surface area contributed by atoms with Gasteiger partial charge in [0, 0.05) is 156 Å². The van der Waals surface area contributed by atoms with E-state index in [0.29, 0.717) is 13.1 Å². The van der Waals surface area contributed by atoms with Gasteiger partial charge in [-0.05, 0) is 181 Å². The fourth-order valence-electron chi connectivity index (χ4n) is 9.26. The van der Waals surface area contributed by atoms with Crippen molar-refractivity contribution >= 4 is 116 Å². The van der Waals surface area contributed by atoms with E-state index in [1.165, 1.54) is 60.4 Å². The first-order valence-electron chi connectivity index (χ1n) is 34.6. The molecule has 0 aliphatic carbocycles. The Bertz CT molecular complexity index is 2960. The zero-order valence-electron chi connectivity index (χ0n) is 62.3. The summed E-state index contributed by atoms with van der Waals surface area (Å²) in [6.45, 7) is 29.2. The molecule has 572 valence electrons. The van der Waals surface area contributed by atoms with Crippen LogP contribution in [0.2, 0.25) is 0 Å². The van der Waals surface area contributed by atoms with Crippen molar-refractivity contribution < 1.29 is 54.7 Å². The van der Waals surface area contributed by atoms with E-state index in [9.17, 15) is 39.1 Å². The molecule has 6 aromatic rings. The van der Waals surface area contributed by atoms with Crippen molar-refractivity contribution in [1.82, 2.24) is 0 Å². The Balaban J connectivity index is -0.00000113. The van der Waals surface area contributed by atoms with Crippen LogP contribution in [0.15, 0.2) is 146 Å².